The van der Waals surface area contributed by atoms with Crippen LogP contribution in [0.1, 0.15) is 59.3 Å². The molecule has 9 atom stereocenters. The summed E-state index contributed by atoms with van der Waals surface area (Å²) in [5.74, 6) is 0.780. The Balaban J connectivity index is 1.35. The number of aliphatic hydroxyl groups excluding tert-OH is 1. The number of nitrogens with zero attached hydrogens (tertiary/aromatic N) is 1. The molecule has 1 aromatic rings. The van der Waals surface area contributed by atoms with E-state index in [1.54, 1.807) is 18.3 Å². The highest BCUT2D eigenvalue weighted by atomic mass is 32.2. The average molecular weight is 524 g/mol. The number of pyridine rings is 1. The summed E-state index contributed by atoms with van der Waals surface area (Å²) in [5, 5.41) is 12.6. The lowest BCUT2D eigenvalue weighted by molar-refractivity contribution is -0.197. The summed E-state index contributed by atoms with van der Waals surface area (Å²) in [6.07, 6.45) is 10.6. The molecule has 0 amide bonds. The van der Waals surface area contributed by atoms with Crippen LogP contribution < -0.4 is 0 Å². The van der Waals surface area contributed by atoms with E-state index in [0.717, 1.165) is 42.7 Å². The minimum atomic E-state index is -1.07. The van der Waals surface area contributed by atoms with E-state index < -0.39 is 23.4 Å². The van der Waals surface area contributed by atoms with Crippen LogP contribution in [-0.4, -0.2) is 51.5 Å². The molecule has 37 heavy (non-hydrogen) atoms. The first-order valence-electron chi connectivity index (χ1n) is 13.8. The Morgan fingerprint density at radius 1 is 1.30 bits per heavy atom. The van der Waals surface area contributed by atoms with Crippen LogP contribution in [0, 0.1) is 28.6 Å². The Kier molecular flexibility index (Phi) is 6.30. The predicted octanol–water partition coefficient (Wildman–Crippen LogP) is 4.91. The molecule has 4 aliphatic carbocycles. The molecule has 0 aromatic carbocycles. The lowest BCUT2D eigenvalue weighted by atomic mass is 9.46. The molecule has 0 radical (unpaired) electrons. The summed E-state index contributed by atoms with van der Waals surface area (Å²) < 4.78 is 13.2. The van der Waals surface area contributed by atoms with Crippen molar-refractivity contribution < 1.29 is 24.2 Å². The predicted molar refractivity (Wildman–Crippen MR) is 141 cm³/mol. The normalized spacial score (nSPS) is 44.0. The second-order valence-electron chi connectivity index (χ2n) is 12.0. The zero-order chi connectivity index (χ0) is 26.0. The van der Waals surface area contributed by atoms with Gasteiger partial charge in [-0.2, -0.15) is 0 Å². The van der Waals surface area contributed by atoms with Crippen molar-refractivity contribution in [2.45, 2.75) is 88.4 Å². The van der Waals surface area contributed by atoms with Crippen LogP contribution in [0.4, 0.5) is 0 Å². The maximum absolute atomic E-state index is 14.2. The van der Waals surface area contributed by atoms with Gasteiger partial charge in [0.1, 0.15) is 0 Å². The Bertz CT molecular complexity index is 1150. The minimum Gasteiger partial charge on any atom is -0.393 e. The Morgan fingerprint density at radius 3 is 2.89 bits per heavy atom. The van der Waals surface area contributed by atoms with Gasteiger partial charge >= 0.3 is 0 Å². The van der Waals surface area contributed by atoms with Crippen molar-refractivity contribution in [1.29, 1.82) is 0 Å². The molecule has 2 heterocycles. The fourth-order valence-electron chi connectivity index (χ4n) is 8.68. The maximum Gasteiger partial charge on any atom is 0.178 e. The number of Topliss-reactive ketones (excluding diaryl/α,β-unsaturated/α-hetero) is 1. The van der Waals surface area contributed by atoms with Crippen molar-refractivity contribution in [3.8, 4) is 0 Å². The minimum absolute atomic E-state index is 0.00948. The number of hydrogen-bond donors (Lipinski definition) is 1. The molecule has 5 aliphatic rings. The van der Waals surface area contributed by atoms with E-state index in [0.29, 0.717) is 6.42 Å². The van der Waals surface area contributed by atoms with Crippen molar-refractivity contribution in [3.05, 3.63) is 48.2 Å². The highest BCUT2D eigenvalue weighted by molar-refractivity contribution is 7.99. The van der Waals surface area contributed by atoms with E-state index in [1.165, 1.54) is 11.8 Å². The molecule has 1 saturated heterocycles. The van der Waals surface area contributed by atoms with Gasteiger partial charge in [0.05, 0.1) is 23.0 Å². The van der Waals surface area contributed by atoms with E-state index in [1.807, 2.05) is 24.3 Å². The summed E-state index contributed by atoms with van der Waals surface area (Å²) in [5.41, 5.74) is -0.807. The standard InChI is InChI=1S/C30H37NO5S/c1-4-7-26-35-24-15-21-20-10-9-18-14-19(32)11-12-28(18,2)27(20)22(33)16-29(21,3)30(24,36-26)23(34)17-37-25-8-5-6-13-31-25/h5-6,8,11-14,20-22,24,26-27,33H,4,7,9-10,15-17H2,1-3H3/t20?,21?,22?,24-,26-,27?,28?,29?,30-/m1/s1. The third kappa shape index (κ3) is 3.68. The highest BCUT2D eigenvalue weighted by Gasteiger charge is 2.75. The first kappa shape index (κ1) is 25.5. The third-order valence-corrected chi connectivity index (χ3v) is 11.2. The largest absolute Gasteiger partial charge is 0.393 e. The average Bonchev–Trinajstić information content (AvgIpc) is 3.35. The van der Waals surface area contributed by atoms with Gasteiger partial charge in [-0.15, -0.1) is 0 Å². The summed E-state index contributed by atoms with van der Waals surface area (Å²) in [4.78, 5) is 30.7. The molecule has 0 bridgehead atoms. The van der Waals surface area contributed by atoms with Gasteiger partial charge in [-0.3, -0.25) is 9.59 Å². The van der Waals surface area contributed by atoms with E-state index in [9.17, 15) is 14.7 Å². The van der Waals surface area contributed by atoms with Crippen molar-refractivity contribution in [3.63, 3.8) is 0 Å². The smallest absolute Gasteiger partial charge is 0.178 e. The maximum atomic E-state index is 14.2. The summed E-state index contributed by atoms with van der Waals surface area (Å²) in [7, 11) is 0. The van der Waals surface area contributed by atoms with Crippen molar-refractivity contribution in [2.75, 3.05) is 5.75 Å². The van der Waals surface area contributed by atoms with Crippen molar-refractivity contribution in [2.24, 2.45) is 28.6 Å². The van der Waals surface area contributed by atoms with E-state index >= 15 is 0 Å². The lowest BCUT2D eigenvalue weighted by Gasteiger charge is -2.59. The lowest BCUT2D eigenvalue weighted by Crippen LogP contribution is -2.63. The van der Waals surface area contributed by atoms with Crippen LogP contribution in [0.15, 0.2) is 53.2 Å². The first-order chi connectivity index (χ1) is 17.7. The third-order valence-electron chi connectivity index (χ3n) is 10.2. The van der Waals surface area contributed by atoms with Gasteiger partial charge in [-0.1, -0.05) is 56.7 Å². The second-order valence-corrected chi connectivity index (χ2v) is 13.0. The fourth-order valence-corrected chi connectivity index (χ4v) is 9.49. The van der Waals surface area contributed by atoms with E-state index in [-0.39, 0.29) is 46.6 Å². The zero-order valence-electron chi connectivity index (χ0n) is 21.9. The van der Waals surface area contributed by atoms with E-state index in [4.69, 9.17) is 9.47 Å². The molecule has 198 valence electrons. The molecule has 1 aliphatic heterocycles. The number of carbonyl (C=O) groups excluding carboxylic acids is 2. The number of rotatable bonds is 6. The van der Waals surface area contributed by atoms with Crippen molar-refractivity contribution >= 4 is 23.3 Å². The Hall–Kier alpha value is -1.80. The summed E-state index contributed by atoms with van der Waals surface area (Å²) in [6, 6.07) is 5.72. The molecule has 6 rings (SSSR count). The summed E-state index contributed by atoms with van der Waals surface area (Å²) in [6.45, 7) is 6.45. The number of carbonyl (C=O) groups is 2. The molecule has 7 heteroatoms. The van der Waals surface area contributed by atoms with Crippen LogP contribution in [0.5, 0.6) is 0 Å². The second kappa shape index (κ2) is 9.15. The number of aromatic nitrogens is 1. The quantitative estimate of drug-likeness (QED) is 0.530. The SMILES string of the molecule is CCC[C@@H]1O[C@@H]2CC3C4CCC5=CC(=O)C=CC5(C)C4C(O)CC3(C)[C@]2(C(=O)CSc2ccccn2)O1. The monoisotopic (exact) mass is 523 g/mol. The molecular weight excluding hydrogens is 486 g/mol. The van der Waals surface area contributed by atoms with Crippen LogP contribution in [0.2, 0.25) is 0 Å². The molecule has 1 aromatic heterocycles. The molecule has 6 nitrogen and oxygen atoms in total. The molecule has 6 unspecified atom stereocenters. The highest BCUT2D eigenvalue weighted by Crippen LogP contribution is 2.69. The van der Waals surface area contributed by atoms with E-state index in [2.05, 4.69) is 25.8 Å². The number of thioether (sulfide) groups is 1. The molecule has 3 saturated carbocycles. The van der Waals surface area contributed by atoms with Gasteiger partial charge in [0, 0.05) is 22.9 Å². The summed E-state index contributed by atoms with van der Waals surface area (Å²) >= 11 is 1.44. The van der Waals surface area contributed by atoms with Gasteiger partial charge in [0.25, 0.3) is 0 Å². The van der Waals surface area contributed by atoms with Crippen LogP contribution >= 0.6 is 11.8 Å². The Morgan fingerprint density at radius 2 is 2.14 bits per heavy atom. The number of hydrogen-bond acceptors (Lipinski definition) is 7. The fraction of sp³-hybridized carbons (Fsp3) is 0.633. The molecule has 0 spiro atoms. The molecule has 1 N–H and O–H groups in total. The van der Waals surface area contributed by atoms with Gasteiger partial charge in [-0.05, 0) is 68.2 Å². The van der Waals surface area contributed by atoms with Gasteiger partial charge in [0.2, 0.25) is 0 Å². The topological polar surface area (TPSA) is 85.7 Å². The van der Waals surface area contributed by atoms with Gasteiger partial charge < -0.3 is 14.6 Å². The number of aliphatic hydroxyl groups is 1. The molecule has 4 fully saturated rings. The number of fused-ring (bicyclic) bond motifs is 7. The van der Waals surface area contributed by atoms with Crippen LogP contribution in [0.3, 0.4) is 0 Å². The van der Waals surface area contributed by atoms with Gasteiger partial charge in [-0.25, -0.2) is 4.98 Å². The van der Waals surface area contributed by atoms with Gasteiger partial charge in [0.15, 0.2) is 23.5 Å². The number of ether oxygens (including phenoxy) is 2. The Labute approximate surface area is 223 Å². The first-order valence-corrected chi connectivity index (χ1v) is 14.7. The zero-order valence-corrected chi connectivity index (χ0v) is 22.7. The van der Waals surface area contributed by atoms with Crippen LogP contribution in [-0.2, 0) is 19.1 Å². The number of allylic oxidation sites excluding steroid dienone is 4. The van der Waals surface area contributed by atoms with Crippen LogP contribution in [0.25, 0.3) is 0 Å². The number of ketones is 2. The molecular formula is C30H37NO5S. The van der Waals surface area contributed by atoms with Crippen molar-refractivity contribution in [1.82, 2.24) is 4.98 Å².